The third kappa shape index (κ3) is 32.9. The van der Waals surface area contributed by atoms with Crippen molar-refractivity contribution in [1.29, 1.82) is 0 Å². The quantitative estimate of drug-likeness (QED) is 0.0606. The van der Waals surface area contributed by atoms with Crippen LogP contribution < -0.4 is 29.4 Å². The van der Waals surface area contributed by atoms with Gasteiger partial charge in [0.25, 0.3) is 0 Å². The van der Waals surface area contributed by atoms with Crippen molar-refractivity contribution in [2.24, 2.45) is 0 Å². The summed E-state index contributed by atoms with van der Waals surface area (Å²) in [6.45, 7) is 63.8. The first-order valence-corrected chi connectivity index (χ1v) is 54.7. The predicted molar refractivity (Wildman–Crippen MR) is 583 cm³/mol. The zero-order valence-corrected chi connectivity index (χ0v) is 89.8. The van der Waals surface area contributed by atoms with Crippen LogP contribution in [-0.2, 0) is 14.2 Å². The summed E-state index contributed by atoms with van der Waals surface area (Å²) in [4.78, 5) is 63.0. The first kappa shape index (κ1) is 110. The topological polar surface area (TPSA) is 234 Å². The van der Waals surface area contributed by atoms with Gasteiger partial charge in [-0.15, -0.1) is 0 Å². The minimum absolute atomic E-state index is 0.153. The third-order valence-electron chi connectivity index (χ3n) is 29.9. The van der Waals surface area contributed by atoms with Crippen molar-refractivity contribution in [2.75, 3.05) is 187 Å². The Kier molecular flexibility index (Phi) is 42.9. The maximum absolute atomic E-state index is 9.44. The number of anilines is 6. The Morgan fingerprint density at radius 1 is 0.239 bits per heavy atom. The normalized spacial score (nSPS) is 22.0. The SMILES string of the molecule is CC(C)c1ccc(C2CCOC2)cn1.CC(C)c1ccc(C2CCOC2)cn1.CC(C)c1ccc(C2CCOC2)cn1.CC(C)c1ccc(N2CC(O)C2)cn1.CC(C)c1ccc(N2CCC(O)C2)cn1.CC(C)c1cccc(N2CC(O)C2)n1.CC(C)c1cccc(N2CCC(N3CCCC3)C2)n1.CC(C)c1cccc(N2CC[C@@H](N3CCCC3)C2)n1.CC(C)c1cccc(N2CC[C@H](N3CCCC3)C2)n1. The highest BCUT2D eigenvalue weighted by Gasteiger charge is 2.35. The van der Waals surface area contributed by atoms with Gasteiger partial charge < -0.3 is 58.9 Å². The summed E-state index contributed by atoms with van der Waals surface area (Å²) in [6.07, 6.45) is 25.8. The lowest BCUT2D eigenvalue weighted by Gasteiger charge is -2.37. The number of aliphatic hydroxyl groups excluding tert-OH is 3. The number of ether oxygens (including phenoxy) is 3. The molecule has 0 aromatic carbocycles. The van der Waals surface area contributed by atoms with E-state index in [0.29, 0.717) is 84.1 Å². The monoisotopic (exact) mass is 1940 g/mol. The van der Waals surface area contributed by atoms with Gasteiger partial charge in [0.1, 0.15) is 23.3 Å². The van der Waals surface area contributed by atoms with Gasteiger partial charge in [-0.2, -0.15) is 0 Å². The number of rotatable bonds is 21. The largest absolute Gasteiger partial charge is 0.391 e. The van der Waals surface area contributed by atoms with Crippen LogP contribution in [0.5, 0.6) is 0 Å². The minimum atomic E-state index is -0.172. The standard InChI is InChI=1S/3C16H25N3.C12H18N2O.3C12H17NO.2C11H16N2O/c3*1-13(2)15-6-5-7-16(17-15)19-11-8-14(12-19)18-9-3-4-10-18;1-9(2)12-4-3-10(7-13-12)14-6-5-11(15)8-14;3*1-9(2)12-4-3-10(7-13-12)11-5-6-14-8-11;1-8(2)11-4-3-9(5-12-11)13-6-10(14)7-13;1-8(2)10-4-3-5-11(12-10)13-6-9(14)7-13/h3*5-7,13-14H,3-4,8-12H2,1-2H3;3-4,7,9,11,15H,5-6,8H2,1-2H3;3*3-4,7,9,11H,5-6,8H2,1-2H3;3-5,8,10,14H,6-7H2,1-2H3;3-5,8-9,14H,6-7H2,1-2H3/t2*14-;;;;;;;/m10......./s1. The molecule has 9 aromatic rings. The Morgan fingerprint density at radius 2 is 0.493 bits per heavy atom. The Bertz CT molecular complexity index is 4730. The lowest BCUT2D eigenvalue weighted by molar-refractivity contribution is 0.141. The van der Waals surface area contributed by atoms with Gasteiger partial charge in [-0.25, -0.2) is 19.9 Å². The molecule has 0 saturated carbocycles. The molecule has 12 aliphatic heterocycles. The van der Waals surface area contributed by atoms with Crippen molar-refractivity contribution < 1.29 is 29.5 Å². The van der Waals surface area contributed by atoms with E-state index < -0.39 is 0 Å². The number of nitrogens with zero attached hydrogens (tertiary/aromatic N) is 18. The molecule has 774 valence electrons. The molecule has 5 unspecified atom stereocenters. The molecular weight excluding hydrogens is 1770 g/mol. The number of hydrogen-bond acceptors (Lipinski definition) is 24. The van der Waals surface area contributed by atoms with Crippen LogP contribution >= 0.6 is 0 Å². The first-order chi connectivity index (χ1) is 68.5. The number of β-amino-alcohol motifs (C(OH)–C–C–N with tert-alkyl or cyclic N) is 3. The second-order valence-electron chi connectivity index (χ2n) is 44.1. The molecule has 0 aliphatic carbocycles. The van der Waals surface area contributed by atoms with Crippen molar-refractivity contribution in [3.63, 3.8) is 0 Å². The molecule has 142 heavy (non-hydrogen) atoms. The van der Waals surface area contributed by atoms with Crippen LogP contribution in [-0.4, -0.2) is 269 Å². The Hall–Kier alpha value is -9.21. The van der Waals surface area contributed by atoms with Gasteiger partial charge in [0.15, 0.2) is 0 Å². The van der Waals surface area contributed by atoms with Crippen LogP contribution in [0.15, 0.2) is 164 Å². The highest BCUT2D eigenvalue weighted by molar-refractivity contribution is 5.50. The lowest BCUT2D eigenvalue weighted by atomic mass is 9.99. The molecule has 12 fully saturated rings. The van der Waals surface area contributed by atoms with Gasteiger partial charge in [-0.05, 0) is 284 Å². The van der Waals surface area contributed by atoms with Crippen molar-refractivity contribution in [1.82, 2.24) is 59.6 Å². The lowest BCUT2D eigenvalue weighted by Crippen LogP contribution is -2.51. The third-order valence-corrected chi connectivity index (χ3v) is 29.9. The van der Waals surface area contributed by atoms with Gasteiger partial charge in [0, 0.05) is 204 Å². The van der Waals surface area contributed by atoms with Gasteiger partial charge in [0.2, 0.25) is 0 Å². The summed E-state index contributed by atoms with van der Waals surface area (Å²) >= 11 is 0. The van der Waals surface area contributed by atoms with Crippen molar-refractivity contribution in [2.45, 2.75) is 316 Å². The maximum atomic E-state index is 9.44. The van der Waals surface area contributed by atoms with Crippen molar-refractivity contribution in [3.05, 3.63) is 232 Å². The molecule has 12 saturated heterocycles. The summed E-state index contributed by atoms with van der Waals surface area (Å²) in [6, 6.07) is 49.0. The second-order valence-corrected chi connectivity index (χ2v) is 44.1. The first-order valence-electron chi connectivity index (χ1n) is 54.7. The molecule has 3 N–H and O–H groups in total. The van der Waals surface area contributed by atoms with Crippen LogP contribution in [0, 0.1) is 0 Å². The molecule has 0 amide bonds. The van der Waals surface area contributed by atoms with E-state index in [-0.39, 0.29) is 18.3 Å². The van der Waals surface area contributed by atoms with E-state index in [1.54, 1.807) is 0 Å². The average molecular weight is 1940 g/mol. The van der Waals surface area contributed by atoms with E-state index in [9.17, 15) is 10.2 Å². The number of likely N-dealkylation sites (tertiary alicyclic amines) is 3. The second kappa shape index (κ2) is 55.4. The average Bonchev–Trinajstić information content (AvgIpc) is 1.31. The zero-order chi connectivity index (χ0) is 101. The van der Waals surface area contributed by atoms with Crippen LogP contribution in [0.4, 0.5) is 34.6 Å². The Balaban J connectivity index is 0.000000135. The van der Waals surface area contributed by atoms with Crippen LogP contribution in [0.1, 0.15) is 347 Å². The van der Waals surface area contributed by atoms with E-state index in [4.69, 9.17) is 34.3 Å². The van der Waals surface area contributed by atoms with Gasteiger partial charge >= 0.3 is 0 Å². The smallest absolute Gasteiger partial charge is 0.128 e. The molecule has 24 heteroatoms. The predicted octanol–water partition coefficient (Wildman–Crippen LogP) is 21.3. The summed E-state index contributed by atoms with van der Waals surface area (Å²) in [5.41, 5.74) is 16.7. The Morgan fingerprint density at radius 3 is 0.725 bits per heavy atom. The number of aromatic nitrogens is 9. The van der Waals surface area contributed by atoms with E-state index in [0.717, 1.165) is 183 Å². The molecule has 21 heterocycles. The zero-order valence-electron chi connectivity index (χ0n) is 89.8. The molecule has 24 nitrogen and oxygen atoms in total. The summed E-state index contributed by atoms with van der Waals surface area (Å²) < 4.78 is 16.1. The number of aliphatic hydroxyl groups is 3. The van der Waals surface area contributed by atoms with Crippen LogP contribution in [0.2, 0.25) is 0 Å². The molecule has 9 aromatic heterocycles. The van der Waals surface area contributed by atoms with E-state index >= 15 is 0 Å². The maximum Gasteiger partial charge on any atom is 0.128 e. The van der Waals surface area contributed by atoms with Crippen LogP contribution in [0.25, 0.3) is 0 Å². The van der Waals surface area contributed by atoms with Crippen LogP contribution in [0.3, 0.4) is 0 Å². The highest BCUT2D eigenvalue weighted by atomic mass is 16.5. The minimum Gasteiger partial charge on any atom is -0.391 e. The summed E-state index contributed by atoms with van der Waals surface area (Å²) in [5, 5.41) is 27.8. The van der Waals surface area contributed by atoms with Crippen molar-refractivity contribution in [3.8, 4) is 0 Å². The summed E-state index contributed by atoms with van der Waals surface area (Å²) in [5.74, 6) is 10.7. The fourth-order valence-electron chi connectivity index (χ4n) is 20.3. The molecule has 12 aliphatic rings. The van der Waals surface area contributed by atoms with Crippen molar-refractivity contribution >= 4 is 34.6 Å². The van der Waals surface area contributed by atoms with Gasteiger partial charge in [0.05, 0.1) is 61.9 Å². The van der Waals surface area contributed by atoms with Gasteiger partial charge in [-0.1, -0.05) is 167 Å². The van der Waals surface area contributed by atoms with E-state index in [1.807, 2.05) is 49.2 Å². The number of pyridine rings is 9. The molecule has 7 atom stereocenters. The molecule has 21 rings (SSSR count). The molecular formula is C118H176N18O6. The molecule has 0 spiro atoms. The van der Waals surface area contributed by atoms with E-state index in [2.05, 4.69) is 314 Å². The molecule has 0 radical (unpaired) electrons. The fourth-order valence-corrected chi connectivity index (χ4v) is 20.3. The highest BCUT2D eigenvalue weighted by Crippen LogP contribution is 2.35. The van der Waals surface area contributed by atoms with Gasteiger partial charge in [-0.3, -0.25) is 39.6 Å². The fraction of sp³-hybridized carbons (Fsp3) is 0.619. The Labute approximate surface area is 853 Å². The number of hydrogen-bond donors (Lipinski definition) is 3. The molecule has 0 bridgehead atoms. The van der Waals surface area contributed by atoms with E-state index in [1.165, 1.54) is 165 Å². The summed E-state index contributed by atoms with van der Waals surface area (Å²) in [7, 11) is 0.